The van der Waals surface area contributed by atoms with Gasteiger partial charge in [0.2, 0.25) is 5.91 Å². The first-order valence-corrected chi connectivity index (χ1v) is 6.42. The number of amides is 1. The quantitative estimate of drug-likeness (QED) is 0.539. The summed E-state index contributed by atoms with van der Waals surface area (Å²) < 4.78 is 4.77. The fourth-order valence-corrected chi connectivity index (χ4v) is 2.31. The van der Waals surface area contributed by atoms with E-state index in [0.717, 1.165) is 25.8 Å². The second-order valence-corrected chi connectivity index (χ2v) is 4.78. The Morgan fingerprint density at radius 2 is 2.17 bits per heavy atom. The largest absolute Gasteiger partial charge is 0.392 e. The normalized spacial score (nSPS) is 27.0. The van der Waals surface area contributed by atoms with Crippen LogP contribution in [-0.4, -0.2) is 36.5 Å². The molecule has 2 heterocycles. The van der Waals surface area contributed by atoms with Crippen molar-refractivity contribution in [2.24, 2.45) is 0 Å². The first kappa shape index (κ1) is 13.0. The summed E-state index contributed by atoms with van der Waals surface area (Å²) >= 11 is 0. The van der Waals surface area contributed by atoms with E-state index in [-0.39, 0.29) is 24.4 Å². The summed E-state index contributed by atoms with van der Waals surface area (Å²) in [7, 11) is 0. The Morgan fingerprint density at radius 1 is 1.33 bits per heavy atom. The van der Waals surface area contributed by atoms with Gasteiger partial charge in [-0.15, -0.1) is 0 Å². The summed E-state index contributed by atoms with van der Waals surface area (Å²) in [5.74, 6) is -0.956. The van der Waals surface area contributed by atoms with Gasteiger partial charge in [0.25, 0.3) is 0 Å². The average Bonchev–Trinajstić information content (AvgIpc) is 2.97. The van der Waals surface area contributed by atoms with Crippen molar-refractivity contribution in [3.8, 4) is 0 Å². The van der Waals surface area contributed by atoms with E-state index >= 15 is 0 Å². The van der Waals surface area contributed by atoms with Crippen molar-refractivity contribution in [2.45, 2.75) is 50.6 Å². The Morgan fingerprint density at radius 3 is 2.78 bits per heavy atom. The van der Waals surface area contributed by atoms with Crippen molar-refractivity contribution in [2.75, 3.05) is 6.54 Å². The molecule has 2 fully saturated rings. The predicted molar refractivity (Wildman–Crippen MR) is 62.5 cm³/mol. The van der Waals surface area contributed by atoms with Crippen LogP contribution in [0.15, 0.2) is 0 Å². The molecule has 2 aliphatic heterocycles. The highest BCUT2D eigenvalue weighted by atomic mass is 16.6. The molecule has 0 bridgehead atoms. The van der Waals surface area contributed by atoms with Crippen molar-refractivity contribution >= 4 is 17.8 Å². The standard InChI is InChI=1S/C12H18N2O4/c15-10-5-3-8(14-10)4-6-11(16)18-12(17)9-2-1-7-13-9/h8-9,13H,1-7H2,(H,14,15)/t8?,9-/m0/s1. The van der Waals surface area contributed by atoms with Gasteiger partial charge in [0.05, 0.1) is 0 Å². The highest BCUT2D eigenvalue weighted by Crippen LogP contribution is 2.13. The smallest absolute Gasteiger partial charge is 0.330 e. The molecule has 100 valence electrons. The third kappa shape index (κ3) is 3.53. The number of hydrogen-bond donors (Lipinski definition) is 2. The molecule has 2 saturated heterocycles. The van der Waals surface area contributed by atoms with Gasteiger partial charge in [0.1, 0.15) is 6.04 Å². The summed E-state index contributed by atoms with van der Waals surface area (Å²) in [6.07, 6.45) is 3.64. The van der Waals surface area contributed by atoms with E-state index in [0.29, 0.717) is 12.8 Å². The number of hydrogen-bond acceptors (Lipinski definition) is 5. The van der Waals surface area contributed by atoms with Crippen LogP contribution in [0, 0.1) is 0 Å². The lowest BCUT2D eigenvalue weighted by Gasteiger charge is -2.11. The maximum Gasteiger partial charge on any atom is 0.330 e. The van der Waals surface area contributed by atoms with E-state index in [1.807, 2.05) is 0 Å². The number of carbonyl (C=O) groups excluding carboxylic acids is 3. The zero-order chi connectivity index (χ0) is 13.0. The number of rotatable bonds is 4. The van der Waals surface area contributed by atoms with Crippen LogP contribution in [-0.2, 0) is 19.1 Å². The van der Waals surface area contributed by atoms with E-state index in [9.17, 15) is 14.4 Å². The minimum Gasteiger partial charge on any atom is -0.392 e. The van der Waals surface area contributed by atoms with Gasteiger partial charge in [-0.25, -0.2) is 4.79 Å². The summed E-state index contributed by atoms with van der Waals surface area (Å²) in [6.45, 7) is 0.794. The van der Waals surface area contributed by atoms with Gasteiger partial charge >= 0.3 is 11.9 Å². The zero-order valence-corrected chi connectivity index (χ0v) is 10.2. The Labute approximate surface area is 105 Å². The van der Waals surface area contributed by atoms with Crippen molar-refractivity contribution in [1.82, 2.24) is 10.6 Å². The number of ether oxygens (including phenoxy) is 1. The van der Waals surface area contributed by atoms with Crippen LogP contribution >= 0.6 is 0 Å². The van der Waals surface area contributed by atoms with Crippen LogP contribution in [0.1, 0.15) is 38.5 Å². The molecule has 0 aliphatic carbocycles. The predicted octanol–water partition coefficient (Wildman–Crippen LogP) is -0.133. The first-order valence-electron chi connectivity index (χ1n) is 6.42. The third-order valence-electron chi connectivity index (χ3n) is 3.34. The highest BCUT2D eigenvalue weighted by molar-refractivity contribution is 5.88. The highest BCUT2D eigenvalue weighted by Gasteiger charge is 2.26. The monoisotopic (exact) mass is 254 g/mol. The minimum atomic E-state index is -0.505. The van der Waals surface area contributed by atoms with Gasteiger partial charge in [-0.05, 0) is 32.2 Å². The molecule has 6 heteroatoms. The molecule has 2 rings (SSSR count). The maximum absolute atomic E-state index is 11.5. The van der Waals surface area contributed by atoms with Crippen molar-refractivity contribution < 1.29 is 19.1 Å². The van der Waals surface area contributed by atoms with Crippen molar-refractivity contribution in [3.63, 3.8) is 0 Å². The Balaban J connectivity index is 1.65. The Bertz CT molecular complexity index is 350. The van der Waals surface area contributed by atoms with Crippen molar-refractivity contribution in [1.29, 1.82) is 0 Å². The molecule has 0 aromatic heterocycles. The summed E-state index contributed by atoms with van der Waals surface area (Å²) in [5.41, 5.74) is 0. The van der Waals surface area contributed by atoms with Crippen molar-refractivity contribution in [3.05, 3.63) is 0 Å². The minimum absolute atomic E-state index is 0.0274. The van der Waals surface area contributed by atoms with Crippen LogP contribution in [0.3, 0.4) is 0 Å². The fourth-order valence-electron chi connectivity index (χ4n) is 2.31. The van der Waals surface area contributed by atoms with E-state index in [1.165, 1.54) is 0 Å². The lowest BCUT2D eigenvalue weighted by Crippen LogP contribution is -2.34. The van der Waals surface area contributed by atoms with Crippen LogP contribution < -0.4 is 10.6 Å². The molecular weight excluding hydrogens is 236 g/mol. The number of esters is 2. The molecule has 0 saturated carbocycles. The van der Waals surface area contributed by atoms with E-state index in [4.69, 9.17) is 4.74 Å². The summed E-state index contributed by atoms with van der Waals surface area (Å²) in [4.78, 5) is 34.0. The molecular formula is C12H18N2O4. The van der Waals surface area contributed by atoms with E-state index in [1.54, 1.807) is 0 Å². The Hall–Kier alpha value is -1.43. The molecule has 0 spiro atoms. The zero-order valence-electron chi connectivity index (χ0n) is 10.2. The van der Waals surface area contributed by atoms with Crippen LogP contribution in [0.2, 0.25) is 0 Å². The summed E-state index contributed by atoms with van der Waals surface area (Å²) in [6, 6.07) is -0.287. The number of carbonyl (C=O) groups is 3. The maximum atomic E-state index is 11.5. The van der Waals surface area contributed by atoms with Crippen LogP contribution in [0.25, 0.3) is 0 Å². The van der Waals surface area contributed by atoms with Gasteiger partial charge < -0.3 is 15.4 Å². The van der Waals surface area contributed by atoms with E-state index in [2.05, 4.69) is 10.6 Å². The van der Waals surface area contributed by atoms with Crippen LogP contribution in [0.5, 0.6) is 0 Å². The second kappa shape index (κ2) is 5.95. The first-order chi connectivity index (χ1) is 8.65. The molecule has 0 radical (unpaired) electrons. The molecule has 2 N–H and O–H groups in total. The molecule has 18 heavy (non-hydrogen) atoms. The average molecular weight is 254 g/mol. The van der Waals surface area contributed by atoms with Gasteiger partial charge in [0.15, 0.2) is 0 Å². The van der Waals surface area contributed by atoms with Gasteiger partial charge in [-0.2, -0.15) is 0 Å². The fraction of sp³-hybridized carbons (Fsp3) is 0.750. The topological polar surface area (TPSA) is 84.5 Å². The van der Waals surface area contributed by atoms with Gasteiger partial charge in [-0.3, -0.25) is 9.59 Å². The van der Waals surface area contributed by atoms with E-state index < -0.39 is 11.9 Å². The van der Waals surface area contributed by atoms with Gasteiger partial charge in [0, 0.05) is 18.9 Å². The molecule has 1 amide bonds. The van der Waals surface area contributed by atoms with Gasteiger partial charge in [-0.1, -0.05) is 0 Å². The van der Waals surface area contributed by atoms with Crippen LogP contribution in [0.4, 0.5) is 0 Å². The summed E-state index contributed by atoms with van der Waals surface area (Å²) in [5, 5.41) is 5.75. The molecule has 1 unspecified atom stereocenters. The number of nitrogens with one attached hydrogen (secondary N) is 2. The molecule has 0 aromatic rings. The lowest BCUT2D eigenvalue weighted by atomic mass is 10.1. The third-order valence-corrected chi connectivity index (χ3v) is 3.34. The SMILES string of the molecule is O=C1CCC(CCC(=O)OC(=O)[C@@H]2CCCN2)N1. The Kier molecular flexibility index (Phi) is 4.30. The second-order valence-electron chi connectivity index (χ2n) is 4.78. The molecule has 6 nitrogen and oxygen atoms in total. The molecule has 0 aromatic carbocycles. The molecule has 2 aliphatic rings. The molecule has 2 atom stereocenters. The lowest BCUT2D eigenvalue weighted by molar-refractivity contribution is -0.161.